The molecule has 2 fully saturated rings. The highest BCUT2D eigenvalue weighted by atomic mass is 32.2. The summed E-state index contributed by atoms with van der Waals surface area (Å²) in [5, 5.41) is 9.26. The van der Waals surface area contributed by atoms with Crippen LogP contribution in [0.15, 0.2) is 42.1 Å². The fourth-order valence-electron chi connectivity index (χ4n) is 3.97. The van der Waals surface area contributed by atoms with Crippen LogP contribution in [0.25, 0.3) is 11.4 Å². The number of methoxy groups -OCH3 is 1. The van der Waals surface area contributed by atoms with Crippen LogP contribution in [0.2, 0.25) is 0 Å². The van der Waals surface area contributed by atoms with Gasteiger partial charge in [-0.25, -0.2) is 8.42 Å². The number of hydrogen-bond donors (Lipinski definition) is 0. The zero-order valence-corrected chi connectivity index (χ0v) is 19.1. The summed E-state index contributed by atoms with van der Waals surface area (Å²) in [4.78, 5) is 14.9. The van der Waals surface area contributed by atoms with Gasteiger partial charge >= 0.3 is 0 Å². The molecule has 31 heavy (non-hydrogen) atoms. The summed E-state index contributed by atoms with van der Waals surface area (Å²) in [5.74, 6) is 1.72. The fraction of sp³-hybridized carbons (Fsp3) is 0.476. The molecule has 0 radical (unpaired) electrons. The maximum atomic E-state index is 13.1. The second-order valence-corrected chi connectivity index (χ2v) is 11.0. The quantitative estimate of drug-likeness (QED) is 0.417. The molecule has 0 spiro atoms. The van der Waals surface area contributed by atoms with E-state index in [-0.39, 0.29) is 35.2 Å². The number of ether oxygens (including phenoxy) is 1. The summed E-state index contributed by atoms with van der Waals surface area (Å²) < 4.78 is 31.2. The van der Waals surface area contributed by atoms with Crippen molar-refractivity contribution in [1.29, 1.82) is 0 Å². The number of allylic oxidation sites excluding steroid dienone is 1. The minimum atomic E-state index is -3.04. The topological polar surface area (TPSA) is 94.4 Å². The van der Waals surface area contributed by atoms with Crippen LogP contribution in [0.4, 0.5) is 0 Å². The lowest BCUT2D eigenvalue weighted by Crippen LogP contribution is -2.43. The van der Waals surface area contributed by atoms with Crippen molar-refractivity contribution >= 4 is 27.5 Å². The van der Waals surface area contributed by atoms with Crippen LogP contribution in [0.3, 0.4) is 0 Å². The number of rotatable bonds is 9. The van der Waals surface area contributed by atoms with Gasteiger partial charge in [0.25, 0.3) is 0 Å². The predicted octanol–water partition coefficient (Wildman–Crippen LogP) is 2.41. The van der Waals surface area contributed by atoms with Crippen LogP contribution in [-0.2, 0) is 21.2 Å². The van der Waals surface area contributed by atoms with E-state index in [2.05, 4.69) is 16.8 Å². The van der Waals surface area contributed by atoms with Gasteiger partial charge in [0.05, 0.1) is 29.9 Å². The van der Waals surface area contributed by atoms with E-state index in [1.54, 1.807) is 13.2 Å². The van der Waals surface area contributed by atoms with Crippen molar-refractivity contribution in [2.24, 2.45) is 0 Å². The molecule has 1 saturated carbocycles. The van der Waals surface area contributed by atoms with E-state index in [4.69, 9.17) is 4.74 Å². The van der Waals surface area contributed by atoms with Gasteiger partial charge in [-0.2, -0.15) is 0 Å². The molecule has 2 heterocycles. The highest BCUT2D eigenvalue weighted by Gasteiger charge is 2.42. The number of sulfone groups is 1. The van der Waals surface area contributed by atoms with Gasteiger partial charge in [0.2, 0.25) is 5.91 Å². The Kier molecular flexibility index (Phi) is 6.38. The van der Waals surface area contributed by atoms with Gasteiger partial charge in [0.15, 0.2) is 20.8 Å². The van der Waals surface area contributed by atoms with E-state index in [9.17, 15) is 13.2 Å². The molecule has 8 nitrogen and oxygen atoms in total. The van der Waals surface area contributed by atoms with Crippen LogP contribution in [0, 0.1) is 0 Å². The third-order valence-electron chi connectivity index (χ3n) is 5.53. The number of nitrogens with zero attached hydrogens (tertiary/aromatic N) is 4. The zero-order chi connectivity index (χ0) is 22.0. The second-order valence-electron chi connectivity index (χ2n) is 7.78. The molecule has 2 aliphatic rings. The summed E-state index contributed by atoms with van der Waals surface area (Å²) >= 11 is 1.32. The molecular formula is C21H26N4O4S2. The molecule has 1 aliphatic heterocycles. The first-order valence-corrected chi connectivity index (χ1v) is 13.1. The normalized spacial score (nSPS) is 19.8. The number of hydrogen-bond acceptors (Lipinski definition) is 7. The van der Waals surface area contributed by atoms with Gasteiger partial charge in [0, 0.05) is 18.6 Å². The van der Waals surface area contributed by atoms with Crippen molar-refractivity contribution in [3.63, 3.8) is 0 Å². The van der Waals surface area contributed by atoms with E-state index in [0.29, 0.717) is 29.7 Å². The van der Waals surface area contributed by atoms with E-state index in [1.807, 2.05) is 33.7 Å². The van der Waals surface area contributed by atoms with Gasteiger partial charge in [-0.05, 0) is 31.4 Å². The largest absolute Gasteiger partial charge is 0.496 e. The summed E-state index contributed by atoms with van der Waals surface area (Å²) in [5.41, 5.74) is 0.813. The molecule has 0 N–H and O–H groups in total. The molecule has 10 heteroatoms. The third kappa shape index (κ3) is 4.79. The molecule has 1 amide bonds. The Morgan fingerprint density at radius 1 is 1.29 bits per heavy atom. The van der Waals surface area contributed by atoms with Crippen molar-refractivity contribution in [1.82, 2.24) is 19.7 Å². The molecule has 1 aromatic heterocycles. The van der Waals surface area contributed by atoms with E-state index in [1.165, 1.54) is 11.8 Å². The monoisotopic (exact) mass is 462 g/mol. The molecule has 0 bridgehead atoms. The SMILES string of the molecule is C=CCn1c(SCC(=O)N(C2CC2)C2CCS(=O)(=O)C2)nnc1-c1ccccc1OC. The molecule has 166 valence electrons. The lowest BCUT2D eigenvalue weighted by molar-refractivity contribution is -0.130. The van der Waals surface area contributed by atoms with Crippen molar-refractivity contribution in [2.75, 3.05) is 24.4 Å². The first kappa shape index (κ1) is 21.9. The van der Waals surface area contributed by atoms with E-state index in [0.717, 1.165) is 18.4 Å². The zero-order valence-electron chi connectivity index (χ0n) is 17.4. The number of aromatic nitrogens is 3. The summed E-state index contributed by atoms with van der Waals surface area (Å²) in [7, 11) is -1.44. The Labute approximate surface area is 186 Å². The highest BCUT2D eigenvalue weighted by Crippen LogP contribution is 2.34. The van der Waals surface area contributed by atoms with Gasteiger partial charge in [-0.15, -0.1) is 16.8 Å². The second kappa shape index (κ2) is 9.04. The lowest BCUT2D eigenvalue weighted by atomic mass is 10.2. The molecule has 1 saturated heterocycles. The Hall–Kier alpha value is -2.33. The number of benzene rings is 1. The summed E-state index contributed by atoms with van der Waals surface area (Å²) in [6.07, 6.45) is 4.17. The molecule has 1 atom stereocenters. The maximum absolute atomic E-state index is 13.1. The third-order valence-corrected chi connectivity index (χ3v) is 8.23. The van der Waals surface area contributed by atoms with Crippen LogP contribution in [-0.4, -0.2) is 70.4 Å². The summed E-state index contributed by atoms with van der Waals surface area (Å²) in [6.45, 7) is 4.32. The maximum Gasteiger partial charge on any atom is 0.233 e. The van der Waals surface area contributed by atoms with Gasteiger partial charge in [-0.3, -0.25) is 9.36 Å². The Bertz CT molecular complexity index is 1080. The molecule has 4 rings (SSSR count). The summed E-state index contributed by atoms with van der Waals surface area (Å²) in [6, 6.07) is 7.53. The van der Waals surface area contributed by atoms with Crippen LogP contribution >= 0.6 is 11.8 Å². The predicted molar refractivity (Wildman–Crippen MR) is 120 cm³/mol. The number of carbonyl (C=O) groups is 1. The number of carbonyl (C=O) groups excluding carboxylic acids is 1. The first-order valence-electron chi connectivity index (χ1n) is 10.3. The Balaban J connectivity index is 1.52. The highest BCUT2D eigenvalue weighted by molar-refractivity contribution is 7.99. The van der Waals surface area contributed by atoms with Gasteiger partial charge < -0.3 is 9.64 Å². The van der Waals surface area contributed by atoms with Gasteiger partial charge in [-0.1, -0.05) is 30.0 Å². The molecule has 1 aliphatic carbocycles. The van der Waals surface area contributed by atoms with Crippen LogP contribution < -0.4 is 4.74 Å². The van der Waals surface area contributed by atoms with Crippen molar-refractivity contribution in [3.05, 3.63) is 36.9 Å². The standard InChI is InChI=1S/C21H26N4O4S2/c1-3-11-24-20(17-6-4-5-7-18(17)29-2)22-23-21(24)30-13-19(26)25(15-8-9-15)16-10-12-31(27,28)14-16/h3-7,15-16H,1,8-14H2,2H3. The van der Waals surface area contributed by atoms with Crippen molar-refractivity contribution < 1.29 is 17.9 Å². The molecule has 1 unspecified atom stereocenters. The number of thioether (sulfide) groups is 1. The lowest BCUT2D eigenvalue weighted by Gasteiger charge is -2.28. The smallest absolute Gasteiger partial charge is 0.233 e. The molecule has 1 aromatic carbocycles. The fourth-order valence-corrected chi connectivity index (χ4v) is 6.50. The minimum absolute atomic E-state index is 0.0402. The van der Waals surface area contributed by atoms with Gasteiger partial charge in [0.1, 0.15) is 5.75 Å². The average Bonchev–Trinajstić information content (AvgIpc) is 3.41. The molecular weight excluding hydrogens is 436 g/mol. The number of para-hydroxylation sites is 1. The minimum Gasteiger partial charge on any atom is -0.496 e. The molecule has 2 aromatic rings. The first-order chi connectivity index (χ1) is 14.9. The van der Waals surface area contributed by atoms with Crippen molar-refractivity contribution in [3.8, 4) is 17.1 Å². The number of amides is 1. The Morgan fingerprint density at radius 3 is 2.71 bits per heavy atom. The average molecular weight is 463 g/mol. The van der Waals surface area contributed by atoms with E-state index < -0.39 is 9.84 Å². The van der Waals surface area contributed by atoms with Crippen molar-refractivity contribution in [2.45, 2.75) is 43.0 Å². The van der Waals surface area contributed by atoms with E-state index >= 15 is 0 Å². The van der Waals surface area contributed by atoms with Crippen LogP contribution in [0.1, 0.15) is 19.3 Å². The Morgan fingerprint density at radius 2 is 2.06 bits per heavy atom. The van der Waals surface area contributed by atoms with Crippen LogP contribution in [0.5, 0.6) is 5.75 Å².